The number of aromatic nitrogens is 2. The van der Waals surface area contributed by atoms with Crippen molar-refractivity contribution in [3.05, 3.63) is 23.4 Å². The van der Waals surface area contributed by atoms with Crippen molar-refractivity contribution >= 4 is 32.3 Å². The van der Waals surface area contributed by atoms with E-state index in [4.69, 9.17) is 18.0 Å². The number of sulfone groups is 1. The highest BCUT2D eigenvalue weighted by Gasteiger charge is 2.18. The lowest BCUT2D eigenvalue weighted by molar-refractivity contribution is 0.597. The Labute approximate surface area is 104 Å². The molecule has 1 heterocycles. The molecule has 4 nitrogen and oxygen atoms in total. The lowest BCUT2D eigenvalue weighted by atomic mass is 10.2. The van der Waals surface area contributed by atoms with Crippen LogP contribution in [0.25, 0.3) is 10.9 Å². The van der Waals surface area contributed by atoms with Gasteiger partial charge in [-0.3, -0.25) is 0 Å². The SMILES string of the molecule is C#Cn1ncc2cc(Cl)c(S(=O)(=O)CC)cc21. The number of halogens is 1. The van der Waals surface area contributed by atoms with Gasteiger partial charge in [-0.1, -0.05) is 24.9 Å². The lowest BCUT2D eigenvalue weighted by Gasteiger charge is -2.04. The Morgan fingerprint density at radius 1 is 1.53 bits per heavy atom. The first kappa shape index (κ1) is 12.0. The molecule has 0 radical (unpaired) electrons. The number of benzene rings is 1. The first-order chi connectivity index (χ1) is 7.99. The van der Waals surface area contributed by atoms with Gasteiger partial charge in [-0.05, 0) is 12.1 Å². The van der Waals surface area contributed by atoms with Gasteiger partial charge in [-0.2, -0.15) is 9.78 Å². The molecule has 2 rings (SSSR count). The van der Waals surface area contributed by atoms with Crippen LogP contribution >= 0.6 is 11.6 Å². The van der Waals surface area contributed by atoms with Crippen molar-refractivity contribution in [3.63, 3.8) is 0 Å². The predicted octanol–water partition coefficient (Wildman–Crippen LogP) is 1.92. The van der Waals surface area contributed by atoms with Gasteiger partial charge in [-0.25, -0.2) is 8.42 Å². The van der Waals surface area contributed by atoms with Gasteiger partial charge >= 0.3 is 0 Å². The zero-order chi connectivity index (χ0) is 12.6. The standard InChI is InChI=1S/C11H9ClN2O2S/c1-3-14-10-6-11(17(15,16)4-2)9(12)5-8(10)7-13-14/h1,5-7H,4H2,2H3. The van der Waals surface area contributed by atoms with E-state index in [0.29, 0.717) is 10.9 Å². The van der Waals surface area contributed by atoms with Crippen LogP contribution < -0.4 is 0 Å². The van der Waals surface area contributed by atoms with Crippen LogP contribution in [0.5, 0.6) is 0 Å². The van der Waals surface area contributed by atoms with Crippen molar-refractivity contribution in [2.45, 2.75) is 11.8 Å². The van der Waals surface area contributed by atoms with Crippen LogP contribution in [-0.2, 0) is 9.84 Å². The molecule has 6 heteroatoms. The van der Waals surface area contributed by atoms with Crippen molar-refractivity contribution in [2.24, 2.45) is 0 Å². The Hall–Kier alpha value is -1.51. The zero-order valence-electron chi connectivity index (χ0n) is 9.01. The summed E-state index contributed by atoms with van der Waals surface area (Å²) in [4.78, 5) is 0.0890. The second-order valence-electron chi connectivity index (χ2n) is 3.43. The summed E-state index contributed by atoms with van der Waals surface area (Å²) in [7, 11) is -3.36. The number of fused-ring (bicyclic) bond motifs is 1. The molecular weight excluding hydrogens is 260 g/mol. The molecule has 88 valence electrons. The van der Waals surface area contributed by atoms with Gasteiger partial charge in [0, 0.05) is 11.4 Å². The second-order valence-corrected chi connectivity index (χ2v) is 6.08. The lowest BCUT2D eigenvalue weighted by Crippen LogP contribution is -2.04. The van der Waals surface area contributed by atoms with Crippen LogP contribution in [-0.4, -0.2) is 24.0 Å². The molecule has 0 aliphatic carbocycles. The van der Waals surface area contributed by atoms with Crippen LogP contribution in [0.4, 0.5) is 0 Å². The van der Waals surface area contributed by atoms with Crippen LogP contribution in [0.3, 0.4) is 0 Å². The average molecular weight is 269 g/mol. The van der Waals surface area contributed by atoms with E-state index in [2.05, 4.69) is 11.1 Å². The molecular formula is C11H9ClN2O2S. The highest BCUT2D eigenvalue weighted by atomic mass is 35.5. The quantitative estimate of drug-likeness (QED) is 0.782. The van der Waals surface area contributed by atoms with Crippen molar-refractivity contribution in [1.82, 2.24) is 9.78 Å². The Bertz CT molecular complexity index is 726. The highest BCUT2D eigenvalue weighted by Crippen LogP contribution is 2.28. The van der Waals surface area contributed by atoms with E-state index in [0.717, 1.165) is 0 Å². The minimum atomic E-state index is -3.36. The zero-order valence-corrected chi connectivity index (χ0v) is 10.6. The van der Waals surface area contributed by atoms with E-state index in [-0.39, 0.29) is 15.7 Å². The molecule has 0 atom stereocenters. The van der Waals surface area contributed by atoms with Crippen LogP contribution in [0.15, 0.2) is 23.2 Å². The molecule has 0 saturated carbocycles. The van der Waals surface area contributed by atoms with Crippen molar-refractivity contribution in [2.75, 3.05) is 5.75 Å². The minimum Gasteiger partial charge on any atom is -0.224 e. The fraction of sp³-hybridized carbons (Fsp3) is 0.182. The third kappa shape index (κ3) is 1.90. The molecule has 0 spiro atoms. The van der Waals surface area contributed by atoms with Crippen LogP contribution in [0.2, 0.25) is 5.02 Å². The molecule has 0 N–H and O–H groups in total. The van der Waals surface area contributed by atoms with Crippen molar-refractivity contribution in [1.29, 1.82) is 0 Å². The maximum Gasteiger partial charge on any atom is 0.179 e. The normalized spacial score (nSPS) is 11.6. The van der Waals surface area contributed by atoms with E-state index in [1.54, 1.807) is 19.2 Å². The molecule has 0 unspecified atom stereocenters. The van der Waals surface area contributed by atoms with Gasteiger partial charge in [0.15, 0.2) is 9.84 Å². The third-order valence-corrected chi connectivity index (χ3v) is 4.65. The molecule has 0 amide bonds. The minimum absolute atomic E-state index is 0.0115. The third-order valence-electron chi connectivity index (χ3n) is 2.46. The molecule has 0 bridgehead atoms. The molecule has 1 aromatic carbocycles. The van der Waals surface area contributed by atoms with Gasteiger partial charge in [0.2, 0.25) is 0 Å². The summed E-state index contributed by atoms with van der Waals surface area (Å²) in [6.45, 7) is 1.56. The smallest absolute Gasteiger partial charge is 0.179 e. The summed E-state index contributed by atoms with van der Waals surface area (Å²) < 4.78 is 24.9. The van der Waals surface area contributed by atoms with Gasteiger partial charge < -0.3 is 0 Å². The molecule has 2 aromatic rings. The summed E-state index contributed by atoms with van der Waals surface area (Å²) in [6.07, 6.45) is 6.80. The highest BCUT2D eigenvalue weighted by molar-refractivity contribution is 7.91. The maximum absolute atomic E-state index is 11.8. The number of rotatable bonds is 2. The van der Waals surface area contributed by atoms with Crippen LogP contribution in [0.1, 0.15) is 6.92 Å². The monoisotopic (exact) mass is 268 g/mol. The van der Waals surface area contributed by atoms with E-state index in [9.17, 15) is 8.42 Å². The largest absolute Gasteiger partial charge is 0.224 e. The summed E-state index contributed by atoms with van der Waals surface area (Å²) in [6, 6.07) is 5.35. The first-order valence-electron chi connectivity index (χ1n) is 4.86. The molecule has 0 saturated heterocycles. The fourth-order valence-electron chi connectivity index (χ4n) is 1.52. The Morgan fingerprint density at radius 2 is 2.24 bits per heavy atom. The number of nitrogens with zero attached hydrogens (tertiary/aromatic N) is 2. The number of hydrogen-bond acceptors (Lipinski definition) is 3. The van der Waals surface area contributed by atoms with E-state index >= 15 is 0 Å². The fourth-order valence-corrected chi connectivity index (χ4v) is 3.01. The summed E-state index contributed by atoms with van der Waals surface area (Å²) in [5.41, 5.74) is 0.559. The van der Waals surface area contributed by atoms with Gasteiger partial charge in [0.05, 0.1) is 27.4 Å². The molecule has 17 heavy (non-hydrogen) atoms. The Kier molecular flexibility index (Phi) is 2.86. The van der Waals surface area contributed by atoms with Gasteiger partial charge in [0.25, 0.3) is 0 Å². The van der Waals surface area contributed by atoms with E-state index in [1.807, 2.05) is 0 Å². The molecule has 1 aromatic heterocycles. The Morgan fingerprint density at radius 3 is 2.82 bits per heavy atom. The van der Waals surface area contributed by atoms with Gasteiger partial charge in [-0.15, -0.1) is 0 Å². The molecule has 0 fully saturated rings. The second kappa shape index (κ2) is 4.06. The summed E-state index contributed by atoms with van der Waals surface area (Å²) in [5, 5.41) is 4.83. The van der Waals surface area contributed by atoms with E-state index < -0.39 is 9.84 Å². The topological polar surface area (TPSA) is 52.0 Å². The maximum atomic E-state index is 11.8. The average Bonchev–Trinajstić information content (AvgIpc) is 2.69. The van der Waals surface area contributed by atoms with Crippen molar-refractivity contribution < 1.29 is 8.42 Å². The number of hydrogen-bond donors (Lipinski definition) is 0. The molecule has 0 aliphatic rings. The van der Waals surface area contributed by atoms with Crippen LogP contribution in [0, 0.1) is 12.5 Å². The summed E-state index contributed by atoms with van der Waals surface area (Å²) in [5.74, 6) is -0.0115. The predicted molar refractivity (Wildman–Crippen MR) is 66.7 cm³/mol. The van der Waals surface area contributed by atoms with Crippen molar-refractivity contribution in [3.8, 4) is 12.5 Å². The number of terminal acetylenes is 1. The van der Waals surface area contributed by atoms with Gasteiger partial charge in [0.1, 0.15) is 0 Å². The first-order valence-corrected chi connectivity index (χ1v) is 6.89. The Balaban J connectivity index is 2.83. The molecule has 0 aliphatic heterocycles. The van der Waals surface area contributed by atoms with E-state index in [1.165, 1.54) is 10.7 Å². The summed E-state index contributed by atoms with van der Waals surface area (Å²) >= 11 is 5.95.